The average Bonchev–Trinajstić information content (AvgIpc) is 2.38. The molecule has 0 amide bonds. The third-order valence-electron chi connectivity index (χ3n) is 3.05. The fourth-order valence-electron chi connectivity index (χ4n) is 2.02. The van der Waals surface area contributed by atoms with Crippen LogP contribution in [0.4, 0.5) is 0 Å². The first-order valence-corrected chi connectivity index (χ1v) is 7.00. The Labute approximate surface area is 116 Å². The number of fused-ring (bicyclic) bond motifs is 1. The van der Waals surface area contributed by atoms with Gasteiger partial charge in [0.2, 0.25) is 0 Å². The highest BCUT2D eigenvalue weighted by Gasteiger charge is 2.19. The van der Waals surface area contributed by atoms with Gasteiger partial charge < -0.3 is 0 Å². The van der Waals surface area contributed by atoms with Gasteiger partial charge in [0.05, 0.1) is 4.83 Å². The van der Waals surface area contributed by atoms with E-state index < -0.39 is 0 Å². The molecule has 0 saturated heterocycles. The van der Waals surface area contributed by atoms with Gasteiger partial charge in [0.1, 0.15) is 5.78 Å². The van der Waals surface area contributed by atoms with E-state index in [1.165, 1.54) is 10.9 Å². The fraction of sp³-hybridized carbons (Fsp3) is 0.333. The van der Waals surface area contributed by atoms with Crippen molar-refractivity contribution in [3.63, 3.8) is 0 Å². The Morgan fingerprint density at radius 2 is 2.11 bits per heavy atom. The summed E-state index contributed by atoms with van der Waals surface area (Å²) in [6, 6.07) is 8.13. The second kappa shape index (κ2) is 5.61. The molecule has 0 saturated carbocycles. The van der Waals surface area contributed by atoms with Gasteiger partial charge in [0.25, 0.3) is 0 Å². The fourth-order valence-corrected chi connectivity index (χ4v) is 2.90. The number of hydrogen-bond donors (Lipinski definition) is 0. The van der Waals surface area contributed by atoms with Gasteiger partial charge in [-0.1, -0.05) is 48.0 Å². The number of nitrogens with zero attached hydrogens (tertiary/aromatic N) is 1. The van der Waals surface area contributed by atoms with Crippen molar-refractivity contribution in [1.29, 1.82) is 0 Å². The Morgan fingerprint density at radius 1 is 1.33 bits per heavy atom. The molecule has 0 aliphatic carbocycles. The monoisotopic (exact) mass is 305 g/mol. The zero-order valence-electron chi connectivity index (χ0n) is 10.6. The minimum absolute atomic E-state index is 0.0611. The van der Waals surface area contributed by atoms with E-state index >= 15 is 0 Å². The maximum atomic E-state index is 11.9. The summed E-state index contributed by atoms with van der Waals surface area (Å²) in [5.41, 5.74) is 1.19. The lowest BCUT2D eigenvalue weighted by Crippen LogP contribution is -2.21. The number of halogens is 1. The van der Waals surface area contributed by atoms with Gasteiger partial charge in [0, 0.05) is 23.7 Å². The number of benzene rings is 1. The smallest absolute Gasteiger partial charge is 0.149 e. The Bertz CT molecular complexity index is 560. The van der Waals surface area contributed by atoms with Crippen molar-refractivity contribution < 1.29 is 4.79 Å². The minimum Gasteiger partial charge on any atom is -0.298 e. The van der Waals surface area contributed by atoms with Crippen molar-refractivity contribution in [2.24, 2.45) is 5.92 Å². The molecule has 2 nitrogen and oxygen atoms in total. The summed E-state index contributed by atoms with van der Waals surface area (Å²) in [5.74, 6) is 0.312. The molecular weight excluding hydrogens is 290 g/mol. The normalized spacial score (nSPS) is 12.9. The lowest BCUT2D eigenvalue weighted by molar-refractivity contribution is -0.121. The van der Waals surface area contributed by atoms with Crippen molar-refractivity contribution >= 4 is 32.5 Å². The summed E-state index contributed by atoms with van der Waals surface area (Å²) in [7, 11) is 0. The van der Waals surface area contributed by atoms with Crippen molar-refractivity contribution in [2.75, 3.05) is 0 Å². The van der Waals surface area contributed by atoms with E-state index in [0.29, 0.717) is 0 Å². The molecule has 1 atom stereocenters. The van der Waals surface area contributed by atoms with Gasteiger partial charge in [-0.2, -0.15) is 0 Å². The molecule has 1 heterocycles. The molecular formula is C15H16BrNO. The second-order valence-electron chi connectivity index (χ2n) is 4.74. The molecule has 2 rings (SSSR count). The molecule has 18 heavy (non-hydrogen) atoms. The predicted octanol–water partition coefficient (Wildman–Crippen LogP) is 3.77. The maximum absolute atomic E-state index is 11.9. The summed E-state index contributed by atoms with van der Waals surface area (Å²) in [6.07, 6.45) is 4.37. The van der Waals surface area contributed by atoms with Crippen LogP contribution >= 0.6 is 15.9 Å². The molecule has 0 radical (unpaired) electrons. The highest BCUT2D eigenvalue weighted by atomic mass is 79.9. The summed E-state index contributed by atoms with van der Waals surface area (Å²) in [6.45, 7) is 3.87. The van der Waals surface area contributed by atoms with E-state index in [1.807, 2.05) is 38.2 Å². The molecule has 1 aromatic heterocycles. The van der Waals surface area contributed by atoms with Crippen LogP contribution in [0.3, 0.4) is 0 Å². The van der Waals surface area contributed by atoms with Crippen LogP contribution in [0, 0.1) is 5.92 Å². The van der Waals surface area contributed by atoms with Crippen molar-refractivity contribution in [3.8, 4) is 0 Å². The van der Waals surface area contributed by atoms with E-state index in [-0.39, 0.29) is 16.5 Å². The topological polar surface area (TPSA) is 30.0 Å². The standard InChI is InChI=1S/C15H16BrNO/c1-10(2)15(18)14(16)8-11-4-3-5-12-9-17-7-6-13(11)12/h3-7,9-10,14H,8H2,1-2H3. The first-order valence-electron chi connectivity index (χ1n) is 6.09. The zero-order chi connectivity index (χ0) is 13.1. The van der Waals surface area contributed by atoms with Crippen molar-refractivity contribution in [2.45, 2.75) is 25.1 Å². The maximum Gasteiger partial charge on any atom is 0.149 e. The predicted molar refractivity (Wildman–Crippen MR) is 78.0 cm³/mol. The van der Waals surface area contributed by atoms with Gasteiger partial charge in [-0.3, -0.25) is 9.78 Å². The third kappa shape index (κ3) is 2.78. The van der Waals surface area contributed by atoms with Crippen LogP contribution in [-0.2, 0) is 11.2 Å². The SMILES string of the molecule is CC(C)C(=O)C(Br)Cc1cccc2cnccc12. The van der Waals surface area contributed by atoms with Crippen LogP contribution in [-0.4, -0.2) is 15.6 Å². The Balaban J connectivity index is 2.29. The van der Waals surface area contributed by atoms with Crippen LogP contribution in [0.25, 0.3) is 10.8 Å². The third-order valence-corrected chi connectivity index (χ3v) is 3.82. The molecule has 3 heteroatoms. The first-order chi connectivity index (χ1) is 8.59. The van der Waals surface area contributed by atoms with E-state index in [9.17, 15) is 4.79 Å². The number of carbonyl (C=O) groups excluding carboxylic acids is 1. The number of pyridine rings is 1. The number of alkyl halides is 1. The van der Waals surface area contributed by atoms with Crippen LogP contribution in [0.1, 0.15) is 19.4 Å². The quantitative estimate of drug-likeness (QED) is 0.805. The van der Waals surface area contributed by atoms with Crippen LogP contribution in [0.5, 0.6) is 0 Å². The number of hydrogen-bond acceptors (Lipinski definition) is 2. The first kappa shape index (κ1) is 13.2. The van der Waals surface area contributed by atoms with E-state index in [2.05, 4.69) is 27.0 Å². The molecule has 0 N–H and O–H groups in total. The average molecular weight is 306 g/mol. The molecule has 0 aliphatic rings. The van der Waals surface area contributed by atoms with E-state index in [4.69, 9.17) is 0 Å². The van der Waals surface area contributed by atoms with Gasteiger partial charge in [-0.25, -0.2) is 0 Å². The Kier molecular flexibility index (Phi) is 4.12. The molecule has 0 aliphatic heterocycles. The van der Waals surface area contributed by atoms with Gasteiger partial charge in [-0.05, 0) is 23.4 Å². The summed E-state index contributed by atoms with van der Waals surface area (Å²) in [5, 5.41) is 2.29. The largest absolute Gasteiger partial charge is 0.298 e. The number of carbonyl (C=O) groups is 1. The highest BCUT2D eigenvalue weighted by molar-refractivity contribution is 9.10. The highest BCUT2D eigenvalue weighted by Crippen LogP contribution is 2.22. The Morgan fingerprint density at radius 3 is 2.83 bits per heavy atom. The van der Waals surface area contributed by atoms with Crippen LogP contribution < -0.4 is 0 Å². The molecule has 0 bridgehead atoms. The van der Waals surface area contributed by atoms with Gasteiger partial charge >= 0.3 is 0 Å². The Hall–Kier alpha value is -1.22. The van der Waals surface area contributed by atoms with Gasteiger partial charge in [-0.15, -0.1) is 0 Å². The van der Waals surface area contributed by atoms with Crippen LogP contribution in [0.15, 0.2) is 36.7 Å². The summed E-state index contributed by atoms with van der Waals surface area (Å²) in [4.78, 5) is 15.9. The van der Waals surface area contributed by atoms with Crippen LogP contribution in [0.2, 0.25) is 0 Å². The number of Topliss-reactive ketones (excluding diaryl/α,β-unsaturated/α-hetero) is 1. The lowest BCUT2D eigenvalue weighted by atomic mass is 9.98. The van der Waals surface area contributed by atoms with E-state index in [0.717, 1.165) is 11.8 Å². The van der Waals surface area contributed by atoms with Crippen molar-refractivity contribution in [3.05, 3.63) is 42.2 Å². The van der Waals surface area contributed by atoms with Gasteiger partial charge in [0.15, 0.2) is 0 Å². The second-order valence-corrected chi connectivity index (χ2v) is 5.85. The minimum atomic E-state index is -0.115. The molecule has 1 aromatic carbocycles. The molecule has 0 spiro atoms. The number of rotatable bonds is 4. The molecule has 0 fully saturated rings. The van der Waals surface area contributed by atoms with Crippen molar-refractivity contribution in [1.82, 2.24) is 4.98 Å². The number of aromatic nitrogens is 1. The summed E-state index contributed by atoms with van der Waals surface area (Å²) >= 11 is 3.50. The molecule has 94 valence electrons. The molecule has 1 unspecified atom stereocenters. The van der Waals surface area contributed by atoms with E-state index in [1.54, 1.807) is 6.20 Å². The summed E-state index contributed by atoms with van der Waals surface area (Å²) < 4.78 is 0. The molecule has 2 aromatic rings. The zero-order valence-corrected chi connectivity index (χ0v) is 12.1. The lowest BCUT2D eigenvalue weighted by Gasteiger charge is -2.13. The number of ketones is 1.